The van der Waals surface area contributed by atoms with Crippen molar-refractivity contribution in [1.29, 1.82) is 0 Å². The number of benzene rings is 3. The van der Waals surface area contributed by atoms with Crippen molar-refractivity contribution >= 4 is 5.69 Å². The van der Waals surface area contributed by atoms with Crippen LogP contribution in [0.3, 0.4) is 0 Å². The summed E-state index contributed by atoms with van der Waals surface area (Å²) in [7, 11) is 0. The molecule has 0 saturated heterocycles. The van der Waals surface area contributed by atoms with Crippen molar-refractivity contribution in [2.75, 3.05) is 25.0 Å². The third-order valence-corrected chi connectivity index (χ3v) is 5.82. The van der Waals surface area contributed by atoms with Gasteiger partial charge in [0.2, 0.25) is 0 Å². The lowest BCUT2D eigenvalue weighted by Crippen LogP contribution is -2.26. The van der Waals surface area contributed by atoms with E-state index in [0.717, 1.165) is 37.3 Å². The van der Waals surface area contributed by atoms with E-state index in [-0.39, 0.29) is 24.3 Å². The predicted molar refractivity (Wildman–Crippen MR) is 142 cm³/mol. The number of rotatable bonds is 12. The SMILES string of the molecule is C=CCN(Cc1ccc(C(C)(C)C)cc1)Cc1cccc(OCC(O)CNc2ccc(F)cc2F)c1. The van der Waals surface area contributed by atoms with Gasteiger partial charge in [0.15, 0.2) is 0 Å². The molecule has 0 fully saturated rings. The molecule has 0 aromatic heterocycles. The van der Waals surface area contributed by atoms with Crippen molar-refractivity contribution in [3.63, 3.8) is 0 Å². The second-order valence-electron chi connectivity index (χ2n) is 10.0. The minimum Gasteiger partial charge on any atom is -0.491 e. The van der Waals surface area contributed by atoms with Crippen LogP contribution in [0.2, 0.25) is 0 Å². The predicted octanol–water partition coefficient (Wildman–Crippen LogP) is 6.30. The molecule has 2 N–H and O–H groups in total. The third-order valence-electron chi connectivity index (χ3n) is 5.82. The number of aliphatic hydroxyl groups excluding tert-OH is 1. The van der Waals surface area contributed by atoms with E-state index in [1.807, 2.05) is 30.3 Å². The maximum atomic E-state index is 13.7. The van der Waals surface area contributed by atoms with E-state index in [1.165, 1.54) is 17.2 Å². The molecule has 4 nitrogen and oxygen atoms in total. The van der Waals surface area contributed by atoms with E-state index in [9.17, 15) is 13.9 Å². The van der Waals surface area contributed by atoms with Gasteiger partial charge < -0.3 is 15.2 Å². The number of halogens is 2. The fourth-order valence-electron chi connectivity index (χ4n) is 3.84. The van der Waals surface area contributed by atoms with Crippen molar-refractivity contribution in [3.05, 3.63) is 108 Å². The van der Waals surface area contributed by atoms with Crippen LogP contribution < -0.4 is 10.1 Å². The summed E-state index contributed by atoms with van der Waals surface area (Å²) < 4.78 is 32.5. The molecule has 0 radical (unpaired) electrons. The largest absolute Gasteiger partial charge is 0.491 e. The molecule has 3 rings (SSSR count). The van der Waals surface area contributed by atoms with Gasteiger partial charge in [-0.3, -0.25) is 4.90 Å². The van der Waals surface area contributed by atoms with Gasteiger partial charge in [-0.25, -0.2) is 8.78 Å². The average Bonchev–Trinajstić information content (AvgIpc) is 2.82. The van der Waals surface area contributed by atoms with E-state index in [2.05, 4.69) is 61.8 Å². The second-order valence-corrected chi connectivity index (χ2v) is 10.0. The van der Waals surface area contributed by atoms with Gasteiger partial charge in [0.05, 0.1) is 5.69 Å². The summed E-state index contributed by atoms with van der Waals surface area (Å²) in [6, 6.07) is 19.8. The maximum Gasteiger partial charge on any atom is 0.149 e. The molecular weight excluding hydrogens is 458 g/mol. The topological polar surface area (TPSA) is 44.7 Å². The summed E-state index contributed by atoms with van der Waals surface area (Å²) in [5, 5.41) is 13.0. The van der Waals surface area contributed by atoms with Gasteiger partial charge in [-0.1, -0.05) is 63.2 Å². The summed E-state index contributed by atoms with van der Waals surface area (Å²) in [6.45, 7) is 12.9. The fraction of sp³-hybridized carbons (Fsp3) is 0.333. The van der Waals surface area contributed by atoms with Crippen molar-refractivity contribution in [3.8, 4) is 5.75 Å². The summed E-state index contributed by atoms with van der Waals surface area (Å²) >= 11 is 0. The zero-order valence-electron chi connectivity index (χ0n) is 21.3. The third kappa shape index (κ3) is 8.47. The summed E-state index contributed by atoms with van der Waals surface area (Å²) in [5.41, 5.74) is 3.90. The number of hydrogen-bond acceptors (Lipinski definition) is 4. The molecule has 1 atom stereocenters. The monoisotopic (exact) mass is 494 g/mol. The first-order chi connectivity index (χ1) is 17.1. The van der Waals surface area contributed by atoms with Crippen LogP contribution in [0.25, 0.3) is 0 Å². The Labute approximate surface area is 213 Å². The van der Waals surface area contributed by atoms with Gasteiger partial charge >= 0.3 is 0 Å². The fourth-order valence-corrected chi connectivity index (χ4v) is 3.84. The Hall–Kier alpha value is -3.22. The van der Waals surface area contributed by atoms with Crippen molar-refractivity contribution in [1.82, 2.24) is 4.90 Å². The van der Waals surface area contributed by atoms with Crippen molar-refractivity contribution in [2.45, 2.75) is 45.4 Å². The Morgan fingerprint density at radius 1 is 1.00 bits per heavy atom. The number of nitrogens with one attached hydrogen (secondary N) is 1. The molecule has 6 heteroatoms. The van der Waals surface area contributed by atoms with E-state index in [1.54, 1.807) is 0 Å². The molecule has 0 bridgehead atoms. The lowest BCUT2D eigenvalue weighted by atomic mass is 9.87. The Morgan fingerprint density at radius 2 is 1.72 bits per heavy atom. The van der Waals surface area contributed by atoms with Crippen LogP contribution in [0.15, 0.2) is 79.4 Å². The molecule has 0 aliphatic rings. The molecule has 3 aromatic carbocycles. The highest BCUT2D eigenvalue weighted by Gasteiger charge is 2.14. The molecular formula is C30H36F2N2O2. The lowest BCUT2D eigenvalue weighted by molar-refractivity contribution is 0.117. The average molecular weight is 495 g/mol. The molecule has 3 aromatic rings. The molecule has 1 unspecified atom stereocenters. The first-order valence-electron chi connectivity index (χ1n) is 12.2. The highest BCUT2D eigenvalue weighted by atomic mass is 19.1. The molecule has 0 amide bonds. The van der Waals surface area contributed by atoms with Crippen LogP contribution in [0.5, 0.6) is 5.75 Å². The van der Waals surface area contributed by atoms with E-state index < -0.39 is 17.7 Å². The molecule has 0 aliphatic heterocycles. The Bertz CT molecular complexity index is 1130. The first kappa shape index (κ1) is 27.4. The highest BCUT2D eigenvalue weighted by Crippen LogP contribution is 2.23. The minimum absolute atomic E-state index is 0.0375. The molecule has 0 saturated carbocycles. The highest BCUT2D eigenvalue weighted by molar-refractivity contribution is 5.44. The van der Waals surface area contributed by atoms with Crippen molar-refractivity contribution in [2.24, 2.45) is 0 Å². The number of hydrogen-bond donors (Lipinski definition) is 2. The Balaban J connectivity index is 1.54. The van der Waals surface area contributed by atoms with Crippen LogP contribution in [0, 0.1) is 11.6 Å². The van der Waals surface area contributed by atoms with Gasteiger partial charge in [-0.05, 0) is 46.4 Å². The number of aliphatic hydroxyl groups is 1. The molecule has 0 heterocycles. The molecule has 36 heavy (non-hydrogen) atoms. The van der Waals surface area contributed by atoms with Gasteiger partial charge in [-0.15, -0.1) is 6.58 Å². The number of nitrogens with zero attached hydrogens (tertiary/aromatic N) is 1. The van der Waals surface area contributed by atoms with Crippen LogP contribution in [0.4, 0.5) is 14.5 Å². The van der Waals surface area contributed by atoms with Gasteiger partial charge in [0.25, 0.3) is 0 Å². The van der Waals surface area contributed by atoms with E-state index in [0.29, 0.717) is 5.75 Å². The summed E-state index contributed by atoms with van der Waals surface area (Å²) in [5.74, 6) is -0.704. The number of anilines is 1. The molecule has 0 aliphatic carbocycles. The van der Waals surface area contributed by atoms with Crippen molar-refractivity contribution < 1.29 is 18.6 Å². The lowest BCUT2D eigenvalue weighted by Gasteiger charge is -2.23. The smallest absolute Gasteiger partial charge is 0.149 e. The van der Waals surface area contributed by atoms with Crippen LogP contribution in [0.1, 0.15) is 37.5 Å². The van der Waals surface area contributed by atoms with Gasteiger partial charge in [0, 0.05) is 32.2 Å². The maximum absolute atomic E-state index is 13.7. The zero-order chi connectivity index (χ0) is 26.1. The van der Waals surface area contributed by atoms with E-state index in [4.69, 9.17) is 4.74 Å². The first-order valence-corrected chi connectivity index (χ1v) is 12.2. The second kappa shape index (κ2) is 12.7. The Kier molecular flexibility index (Phi) is 9.62. The quantitative estimate of drug-likeness (QED) is 0.290. The standard InChI is InChI=1S/C30H36F2N2O2/c1-5-15-34(19-22-9-11-24(12-10-22)30(2,3)4)20-23-7-6-8-27(16-23)36-21-26(35)18-33-29-14-13-25(31)17-28(29)32/h5-14,16-17,26,33,35H,1,15,18-21H2,2-4H3. The Morgan fingerprint density at radius 3 is 2.39 bits per heavy atom. The summed E-state index contributed by atoms with van der Waals surface area (Å²) in [4.78, 5) is 2.30. The number of ether oxygens (including phenoxy) is 1. The van der Waals surface area contributed by atoms with E-state index >= 15 is 0 Å². The summed E-state index contributed by atoms with van der Waals surface area (Å²) in [6.07, 6.45) is 1.03. The van der Waals surface area contributed by atoms with Crippen LogP contribution in [-0.2, 0) is 18.5 Å². The van der Waals surface area contributed by atoms with Crippen LogP contribution >= 0.6 is 0 Å². The van der Waals surface area contributed by atoms with Gasteiger partial charge in [-0.2, -0.15) is 0 Å². The normalized spacial score (nSPS) is 12.4. The zero-order valence-corrected chi connectivity index (χ0v) is 21.3. The minimum atomic E-state index is -0.869. The van der Waals surface area contributed by atoms with Crippen LogP contribution in [-0.4, -0.2) is 35.8 Å². The molecule has 0 spiro atoms. The molecule has 192 valence electrons. The van der Waals surface area contributed by atoms with Gasteiger partial charge in [0.1, 0.15) is 30.1 Å².